The van der Waals surface area contributed by atoms with Gasteiger partial charge < -0.3 is 0 Å². The van der Waals surface area contributed by atoms with E-state index in [4.69, 9.17) is 0 Å². The van der Waals surface area contributed by atoms with Crippen LogP contribution < -0.4 is 0 Å². The number of benzene rings is 2. The normalized spacial score (nSPS) is 25.4. The van der Waals surface area contributed by atoms with Crippen molar-refractivity contribution in [3.63, 3.8) is 0 Å². The van der Waals surface area contributed by atoms with Crippen molar-refractivity contribution < 1.29 is 13.0 Å². The molecule has 3 nitrogen and oxygen atoms in total. The predicted octanol–water partition coefficient (Wildman–Crippen LogP) is 3.33. The molecule has 0 radical (unpaired) electrons. The minimum absolute atomic E-state index is 0.000625. The Morgan fingerprint density at radius 1 is 1.05 bits per heavy atom. The van der Waals surface area contributed by atoms with Gasteiger partial charge >= 0.3 is 0 Å². The first kappa shape index (κ1) is 13.3. The number of hydrogen-bond acceptors (Lipinski definition) is 2. The van der Waals surface area contributed by atoms with Crippen LogP contribution in [0.25, 0.3) is 0 Å². The van der Waals surface area contributed by atoms with E-state index < -0.39 is 14.9 Å². The minimum atomic E-state index is -4.16. The molecule has 20 heavy (non-hydrogen) atoms. The van der Waals surface area contributed by atoms with E-state index in [1.807, 2.05) is 48.5 Å². The van der Waals surface area contributed by atoms with Gasteiger partial charge in [-0.05, 0) is 30.0 Å². The molecule has 1 aliphatic carbocycles. The Kier molecular flexibility index (Phi) is 2.96. The van der Waals surface area contributed by atoms with Gasteiger partial charge in [0.1, 0.15) is 4.75 Å². The smallest absolute Gasteiger partial charge is 0.274 e. The molecule has 2 aromatic rings. The van der Waals surface area contributed by atoms with Crippen LogP contribution >= 0.6 is 0 Å². The molecular weight excluding hydrogens is 272 g/mol. The van der Waals surface area contributed by atoms with Crippen LogP contribution in [0.1, 0.15) is 36.0 Å². The van der Waals surface area contributed by atoms with Crippen molar-refractivity contribution in [3.8, 4) is 0 Å². The second-order valence-electron chi connectivity index (χ2n) is 5.46. The van der Waals surface area contributed by atoms with E-state index in [1.54, 1.807) is 13.0 Å². The fourth-order valence-electron chi connectivity index (χ4n) is 3.12. The second-order valence-corrected chi connectivity index (χ2v) is 7.31. The Balaban J connectivity index is 2.20. The van der Waals surface area contributed by atoms with Crippen molar-refractivity contribution in [3.05, 3.63) is 71.3 Å². The quantitative estimate of drug-likeness (QED) is 0.862. The summed E-state index contributed by atoms with van der Waals surface area (Å²) in [6.07, 6.45) is 0.370. The van der Waals surface area contributed by atoms with Crippen LogP contribution in [-0.4, -0.2) is 13.0 Å². The minimum Gasteiger partial charge on any atom is -0.285 e. The highest BCUT2D eigenvalue weighted by molar-refractivity contribution is 7.86. The molecular formula is C16H16O3S. The summed E-state index contributed by atoms with van der Waals surface area (Å²) in [6.45, 7) is 1.60. The molecule has 4 heteroatoms. The van der Waals surface area contributed by atoms with Gasteiger partial charge in [0.15, 0.2) is 0 Å². The Morgan fingerprint density at radius 3 is 2.30 bits per heavy atom. The molecule has 0 aromatic heterocycles. The van der Waals surface area contributed by atoms with E-state index in [2.05, 4.69) is 0 Å². The van der Waals surface area contributed by atoms with Crippen molar-refractivity contribution in [1.29, 1.82) is 0 Å². The SMILES string of the molecule is CC1(S(=O)(=O)O)CC(c2ccccc2)c2ccccc21. The Hall–Kier alpha value is -1.65. The fourth-order valence-corrected chi connectivity index (χ4v) is 3.96. The molecule has 0 saturated carbocycles. The number of fused-ring (bicyclic) bond motifs is 1. The second kappa shape index (κ2) is 4.43. The van der Waals surface area contributed by atoms with Crippen LogP contribution in [0.5, 0.6) is 0 Å². The van der Waals surface area contributed by atoms with Crippen LogP contribution in [0.15, 0.2) is 54.6 Å². The van der Waals surface area contributed by atoms with Gasteiger partial charge in [-0.3, -0.25) is 4.55 Å². The molecule has 0 amide bonds. The number of hydrogen-bond donors (Lipinski definition) is 1. The molecule has 104 valence electrons. The van der Waals surface area contributed by atoms with E-state index in [0.29, 0.717) is 12.0 Å². The zero-order chi connectivity index (χ0) is 14.4. The van der Waals surface area contributed by atoms with Gasteiger partial charge in [-0.15, -0.1) is 0 Å². The molecule has 2 unspecified atom stereocenters. The van der Waals surface area contributed by atoms with Gasteiger partial charge in [-0.25, -0.2) is 0 Å². The first-order chi connectivity index (χ1) is 9.43. The molecule has 0 aliphatic heterocycles. The molecule has 2 atom stereocenters. The lowest BCUT2D eigenvalue weighted by Crippen LogP contribution is -2.29. The molecule has 0 fully saturated rings. The summed E-state index contributed by atoms with van der Waals surface area (Å²) in [4.78, 5) is 0. The highest BCUT2D eigenvalue weighted by atomic mass is 32.2. The topological polar surface area (TPSA) is 54.4 Å². The Morgan fingerprint density at radius 2 is 1.65 bits per heavy atom. The molecule has 0 saturated heterocycles. The summed E-state index contributed by atoms with van der Waals surface area (Å²) in [5.74, 6) is -0.000625. The van der Waals surface area contributed by atoms with Crippen LogP contribution in [0.4, 0.5) is 0 Å². The fraction of sp³-hybridized carbons (Fsp3) is 0.250. The van der Waals surface area contributed by atoms with E-state index in [1.165, 1.54) is 0 Å². The first-order valence-electron chi connectivity index (χ1n) is 6.55. The summed E-state index contributed by atoms with van der Waals surface area (Å²) in [7, 11) is -4.16. The molecule has 1 aliphatic rings. The van der Waals surface area contributed by atoms with E-state index >= 15 is 0 Å². The third kappa shape index (κ3) is 1.87. The first-order valence-corrected chi connectivity index (χ1v) is 7.99. The maximum Gasteiger partial charge on any atom is 0.274 e. The van der Waals surface area contributed by atoms with Crippen LogP contribution in [-0.2, 0) is 14.9 Å². The van der Waals surface area contributed by atoms with Crippen molar-refractivity contribution in [2.45, 2.75) is 24.0 Å². The molecule has 0 spiro atoms. The molecule has 0 bridgehead atoms. The number of rotatable bonds is 2. The molecule has 1 N–H and O–H groups in total. The standard InChI is InChI=1S/C16H16O3S/c1-16(20(17,18)19)11-14(12-7-3-2-4-8-12)13-9-5-6-10-15(13)16/h2-10,14H,11H2,1H3,(H,17,18,19). The van der Waals surface area contributed by atoms with Crippen LogP contribution in [0.2, 0.25) is 0 Å². The van der Waals surface area contributed by atoms with Crippen molar-refractivity contribution in [2.24, 2.45) is 0 Å². The van der Waals surface area contributed by atoms with Gasteiger partial charge in [0, 0.05) is 5.92 Å². The van der Waals surface area contributed by atoms with E-state index in [-0.39, 0.29) is 5.92 Å². The third-order valence-electron chi connectivity index (χ3n) is 4.27. The lowest BCUT2D eigenvalue weighted by atomic mass is 9.93. The maximum absolute atomic E-state index is 11.9. The van der Waals surface area contributed by atoms with Crippen molar-refractivity contribution >= 4 is 10.1 Å². The largest absolute Gasteiger partial charge is 0.285 e. The van der Waals surface area contributed by atoms with Crippen molar-refractivity contribution in [2.75, 3.05) is 0 Å². The summed E-state index contributed by atoms with van der Waals surface area (Å²) < 4.78 is 32.1. The lowest BCUT2D eigenvalue weighted by molar-refractivity contribution is 0.430. The van der Waals surface area contributed by atoms with Gasteiger partial charge in [-0.1, -0.05) is 54.6 Å². The average molecular weight is 288 g/mol. The molecule has 3 rings (SSSR count). The van der Waals surface area contributed by atoms with Crippen LogP contribution in [0.3, 0.4) is 0 Å². The summed E-state index contributed by atoms with van der Waals surface area (Å²) in [5.41, 5.74) is 2.77. The van der Waals surface area contributed by atoms with Gasteiger partial charge in [-0.2, -0.15) is 8.42 Å². The van der Waals surface area contributed by atoms with Crippen molar-refractivity contribution in [1.82, 2.24) is 0 Å². The van der Waals surface area contributed by atoms with E-state index in [9.17, 15) is 13.0 Å². The average Bonchev–Trinajstić information content (AvgIpc) is 2.75. The van der Waals surface area contributed by atoms with E-state index in [0.717, 1.165) is 11.1 Å². The Bertz CT molecular complexity index is 737. The summed E-state index contributed by atoms with van der Waals surface area (Å²) in [6, 6.07) is 17.3. The molecule has 0 heterocycles. The van der Waals surface area contributed by atoms with Crippen LogP contribution in [0, 0.1) is 0 Å². The highest BCUT2D eigenvalue weighted by Crippen LogP contribution is 2.51. The Labute approximate surface area is 119 Å². The van der Waals surface area contributed by atoms with Gasteiger partial charge in [0.05, 0.1) is 0 Å². The maximum atomic E-state index is 11.9. The van der Waals surface area contributed by atoms with Gasteiger partial charge in [0.25, 0.3) is 10.1 Å². The highest BCUT2D eigenvalue weighted by Gasteiger charge is 2.49. The zero-order valence-corrected chi connectivity index (χ0v) is 12.0. The lowest BCUT2D eigenvalue weighted by Gasteiger charge is -2.21. The van der Waals surface area contributed by atoms with Gasteiger partial charge in [0.2, 0.25) is 0 Å². The summed E-state index contributed by atoms with van der Waals surface area (Å²) >= 11 is 0. The predicted molar refractivity (Wildman–Crippen MR) is 78.2 cm³/mol. The zero-order valence-electron chi connectivity index (χ0n) is 11.2. The summed E-state index contributed by atoms with van der Waals surface area (Å²) in [5, 5.41) is 0. The molecule has 2 aromatic carbocycles. The monoisotopic (exact) mass is 288 g/mol. The third-order valence-corrected chi connectivity index (χ3v) is 5.80.